The fraction of sp³-hybridized carbons (Fsp3) is 0.214. The number of allylic oxidation sites excluding steroid dienone is 1. The predicted octanol–water partition coefficient (Wildman–Crippen LogP) is 4.48. The van der Waals surface area contributed by atoms with Crippen LogP contribution in [0.4, 0.5) is 0 Å². The Kier molecular flexibility index (Phi) is 6.12. The lowest BCUT2D eigenvalue weighted by molar-refractivity contribution is -0.135. The van der Waals surface area contributed by atoms with E-state index in [0.717, 1.165) is 0 Å². The van der Waals surface area contributed by atoms with Gasteiger partial charge in [0.05, 0.1) is 40.4 Å². The van der Waals surface area contributed by atoms with Crippen LogP contribution in [0.5, 0.6) is 40.2 Å². The van der Waals surface area contributed by atoms with Crippen LogP contribution in [0.3, 0.4) is 0 Å². The fourth-order valence-electron chi connectivity index (χ4n) is 4.69. The number of phenolic OH excluding ortho intramolecular Hbond substituents is 1. The zero-order chi connectivity index (χ0) is 26.3. The van der Waals surface area contributed by atoms with E-state index in [4.69, 9.17) is 28.4 Å². The molecule has 190 valence electrons. The van der Waals surface area contributed by atoms with Gasteiger partial charge in [-0.2, -0.15) is 0 Å². The van der Waals surface area contributed by atoms with Crippen molar-refractivity contribution < 1.29 is 43.1 Å². The number of carbonyl (C=O) groups is 2. The van der Waals surface area contributed by atoms with Gasteiger partial charge in [-0.05, 0) is 48.0 Å². The molecule has 0 aliphatic carbocycles. The number of aromatic hydroxyl groups is 1. The van der Waals surface area contributed by atoms with Gasteiger partial charge in [0.2, 0.25) is 11.5 Å². The first-order chi connectivity index (χ1) is 17.9. The number of carbonyl (C=O) groups excluding carboxylic acids is 2. The monoisotopic (exact) mass is 504 g/mol. The average Bonchev–Trinajstić information content (AvgIpc) is 3.22. The normalized spacial score (nSPS) is 17.0. The van der Waals surface area contributed by atoms with E-state index in [0.29, 0.717) is 56.8 Å². The molecule has 2 aliphatic rings. The molecule has 0 amide bonds. The number of Topliss-reactive ketones (excluding diaryl/α,β-unsaturated/α-hetero) is 1. The van der Waals surface area contributed by atoms with Crippen molar-refractivity contribution in [3.63, 3.8) is 0 Å². The smallest absolute Gasteiger partial charge is 0.312 e. The van der Waals surface area contributed by atoms with Crippen LogP contribution in [0.25, 0.3) is 6.08 Å². The third-order valence-corrected chi connectivity index (χ3v) is 6.41. The summed E-state index contributed by atoms with van der Waals surface area (Å²) in [6.07, 6.45) is 1.58. The summed E-state index contributed by atoms with van der Waals surface area (Å²) in [5, 5.41) is 10.3. The van der Waals surface area contributed by atoms with Crippen molar-refractivity contribution >= 4 is 17.8 Å². The van der Waals surface area contributed by atoms with Gasteiger partial charge in [0.25, 0.3) is 0 Å². The SMILES string of the molecule is COc1ccc(C2CC(=O)Oc3ccc4c(c32)O/C(=C/c2ccc(OC)c(OC)c2OC)C4=O)cc1O. The standard InChI is InChI=1S/C28H24O9/c1-32-19-8-5-14(11-18(19)29)17-13-23(30)36-20-10-7-16-25(31)22(37-27(16)24(17)20)12-15-6-9-21(33-2)28(35-4)26(15)34-3/h5-12,17,29H,13H2,1-4H3/b22-12+. The highest BCUT2D eigenvalue weighted by molar-refractivity contribution is 6.15. The van der Waals surface area contributed by atoms with Crippen molar-refractivity contribution in [2.45, 2.75) is 12.3 Å². The average molecular weight is 504 g/mol. The summed E-state index contributed by atoms with van der Waals surface area (Å²) in [6, 6.07) is 11.5. The van der Waals surface area contributed by atoms with Crippen molar-refractivity contribution in [1.29, 1.82) is 0 Å². The number of fused-ring (bicyclic) bond motifs is 3. The molecule has 1 atom stereocenters. The van der Waals surface area contributed by atoms with Crippen LogP contribution >= 0.6 is 0 Å². The van der Waals surface area contributed by atoms with Gasteiger partial charge in [0, 0.05) is 17.0 Å². The molecule has 0 saturated heterocycles. The van der Waals surface area contributed by atoms with Crippen molar-refractivity contribution in [1.82, 2.24) is 0 Å². The molecular formula is C28H24O9. The summed E-state index contributed by atoms with van der Waals surface area (Å²) < 4.78 is 33.0. The highest BCUT2D eigenvalue weighted by Crippen LogP contribution is 2.50. The summed E-state index contributed by atoms with van der Waals surface area (Å²) in [5.74, 6) is 0.889. The van der Waals surface area contributed by atoms with E-state index in [1.165, 1.54) is 34.5 Å². The number of phenols is 1. The van der Waals surface area contributed by atoms with Gasteiger partial charge in [-0.1, -0.05) is 6.07 Å². The fourth-order valence-corrected chi connectivity index (χ4v) is 4.69. The lowest BCUT2D eigenvalue weighted by Gasteiger charge is -2.26. The van der Waals surface area contributed by atoms with E-state index in [9.17, 15) is 14.7 Å². The Morgan fingerprint density at radius 2 is 1.59 bits per heavy atom. The first kappa shape index (κ1) is 24.1. The molecule has 0 bridgehead atoms. The Labute approximate surface area is 212 Å². The van der Waals surface area contributed by atoms with E-state index in [1.54, 1.807) is 42.5 Å². The van der Waals surface area contributed by atoms with Crippen LogP contribution < -0.4 is 28.4 Å². The Morgan fingerprint density at radius 1 is 0.865 bits per heavy atom. The highest BCUT2D eigenvalue weighted by atomic mass is 16.5. The third-order valence-electron chi connectivity index (χ3n) is 6.41. The second-order valence-electron chi connectivity index (χ2n) is 8.38. The van der Waals surface area contributed by atoms with Crippen molar-refractivity contribution in [3.8, 4) is 40.2 Å². The highest BCUT2D eigenvalue weighted by Gasteiger charge is 2.39. The Hall–Kier alpha value is -4.66. The van der Waals surface area contributed by atoms with Crippen LogP contribution in [0.15, 0.2) is 48.2 Å². The van der Waals surface area contributed by atoms with Gasteiger partial charge in [-0.25, -0.2) is 0 Å². The number of ether oxygens (including phenoxy) is 6. The molecule has 37 heavy (non-hydrogen) atoms. The molecule has 2 aliphatic heterocycles. The van der Waals surface area contributed by atoms with Crippen molar-refractivity contribution in [2.75, 3.05) is 28.4 Å². The van der Waals surface area contributed by atoms with Crippen LogP contribution in [-0.2, 0) is 4.79 Å². The molecule has 0 radical (unpaired) electrons. The lowest BCUT2D eigenvalue weighted by atomic mass is 9.84. The molecular weight excluding hydrogens is 480 g/mol. The van der Waals surface area contributed by atoms with Crippen LogP contribution in [0.2, 0.25) is 0 Å². The van der Waals surface area contributed by atoms with Crippen molar-refractivity contribution in [3.05, 3.63) is 70.5 Å². The van der Waals surface area contributed by atoms with Crippen molar-refractivity contribution in [2.24, 2.45) is 0 Å². The van der Waals surface area contributed by atoms with E-state index >= 15 is 0 Å². The van der Waals surface area contributed by atoms with Gasteiger partial charge in [-0.3, -0.25) is 9.59 Å². The first-order valence-electron chi connectivity index (χ1n) is 11.4. The maximum atomic E-state index is 13.4. The number of hydrogen-bond acceptors (Lipinski definition) is 9. The van der Waals surface area contributed by atoms with Gasteiger partial charge in [0.15, 0.2) is 28.8 Å². The number of rotatable bonds is 6. The summed E-state index contributed by atoms with van der Waals surface area (Å²) in [5.41, 5.74) is 2.09. The maximum Gasteiger partial charge on any atom is 0.312 e. The molecule has 2 heterocycles. The summed E-state index contributed by atoms with van der Waals surface area (Å²) in [6.45, 7) is 0. The summed E-state index contributed by atoms with van der Waals surface area (Å²) in [7, 11) is 5.96. The quantitative estimate of drug-likeness (QED) is 0.295. The first-order valence-corrected chi connectivity index (χ1v) is 11.4. The van der Waals surface area contributed by atoms with E-state index in [2.05, 4.69) is 0 Å². The van der Waals surface area contributed by atoms with Crippen LogP contribution in [0, 0.1) is 0 Å². The second kappa shape index (κ2) is 9.42. The zero-order valence-electron chi connectivity index (χ0n) is 20.6. The third kappa shape index (κ3) is 3.98. The van der Waals surface area contributed by atoms with Crippen LogP contribution in [-0.4, -0.2) is 45.3 Å². The zero-order valence-corrected chi connectivity index (χ0v) is 20.6. The Balaban J connectivity index is 1.60. The molecule has 3 aromatic rings. The second-order valence-corrected chi connectivity index (χ2v) is 8.38. The van der Waals surface area contributed by atoms with Gasteiger partial charge >= 0.3 is 5.97 Å². The topological polar surface area (TPSA) is 110 Å². The largest absolute Gasteiger partial charge is 0.504 e. The molecule has 0 fully saturated rings. The number of methoxy groups -OCH3 is 4. The molecule has 1 unspecified atom stereocenters. The molecule has 0 saturated carbocycles. The van der Waals surface area contributed by atoms with E-state index < -0.39 is 11.9 Å². The molecule has 5 rings (SSSR count). The Bertz CT molecular complexity index is 1450. The lowest BCUT2D eigenvalue weighted by Crippen LogP contribution is -2.21. The molecule has 1 N–H and O–H groups in total. The van der Waals surface area contributed by atoms with E-state index in [-0.39, 0.29) is 23.7 Å². The molecule has 9 nitrogen and oxygen atoms in total. The maximum absolute atomic E-state index is 13.4. The number of ketones is 1. The summed E-state index contributed by atoms with van der Waals surface area (Å²) in [4.78, 5) is 25.8. The minimum Gasteiger partial charge on any atom is -0.504 e. The summed E-state index contributed by atoms with van der Waals surface area (Å²) >= 11 is 0. The molecule has 0 aromatic heterocycles. The van der Waals surface area contributed by atoms with E-state index in [1.807, 2.05) is 0 Å². The molecule has 9 heteroatoms. The van der Waals surface area contributed by atoms with Gasteiger partial charge < -0.3 is 33.5 Å². The minimum absolute atomic E-state index is 0.00925. The molecule has 0 spiro atoms. The Morgan fingerprint density at radius 3 is 2.27 bits per heavy atom. The van der Waals surface area contributed by atoms with Gasteiger partial charge in [0.1, 0.15) is 11.5 Å². The predicted molar refractivity (Wildman–Crippen MR) is 132 cm³/mol. The van der Waals surface area contributed by atoms with Gasteiger partial charge in [-0.15, -0.1) is 0 Å². The molecule has 3 aromatic carbocycles. The number of hydrogen-bond donors (Lipinski definition) is 1. The minimum atomic E-state index is -0.509. The number of benzene rings is 3. The van der Waals surface area contributed by atoms with Crippen LogP contribution in [0.1, 0.15) is 39.4 Å². The number of esters is 1.